The number of anilines is 1. The summed E-state index contributed by atoms with van der Waals surface area (Å²) in [5.74, 6) is 0.867. The maximum absolute atomic E-state index is 11.3. The van der Waals surface area contributed by atoms with Crippen LogP contribution in [0.5, 0.6) is 5.75 Å². The smallest absolute Gasteiger partial charge is 0.184 e. The summed E-state index contributed by atoms with van der Waals surface area (Å²) in [5, 5.41) is 13.0. The van der Waals surface area contributed by atoms with Gasteiger partial charge in [-0.05, 0) is 12.1 Å². The Morgan fingerprint density at radius 3 is 2.68 bits per heavy atom. The van der Waals surface area contributed by atoms with Crippen molar-refractivity contribution in [1.82, 2.24) is 4.90 Å². The molecule has 1 fully saturated rings. The number of hydrogen-bond acceptors (Lipinski definition) is 6. The molecule has 0 radical (unpaired) electrons. The van der Waals surface area contributed by atoms with E-state index in [0.29, 0.717) is 18.8 Å². The summed E-state index contributed by atoms with van der Waals surface area (Å²) in [6, 6.07) is 7.20. The van der Waals surface area contributed by atoms with Gasteiger partial charge in [-0.25, -0.2) is 8.42 Å². The minimum atomic E-state index is -2.93. The van der Waals surface area contributed by atoms with E-state index >= 15 is 0 Å². The predicted octanol–water partition coefficient (Wildman–Crippen LogP) is 0.113. The molecule has 1 saturated heterocycles. The Morgan fingerprint density at radius 2 is 2.05 bits per heavy atom. The third kappa shape index (κ3) is 3.82. The number of rotatable bonds is 4. The number of nitrogens with one attached hydrogen (secondary N) is 1. The highest BCUT2D eigenvalue weighted by atomic mass is 32.2. The number of sulfone groups is 1. The highest BCUT2D eigenvalue weighted by molar-refractivity contribution is 7.91. The largest absolute Gasteiger partial charge is 0.497 e. The molecule has 1 aliphatic heterocycles. The van der Waals surface area contributed by atoms with E-state index in [1.54, 1.807) is 18.1 Å². The zero-order valence-electron chi connectivity index (χ0n) is 10.7. The first-order chi connectivity index (χ1) is 9.00. The molecule has 7 heteroatoms. The minimum Gasteiger partial charge on any atom is -0.497 e. The molecule has 0 spiro atoms. The van der Waals surface area contributed by atoms with E-state index in [1.807, 2.05) is 18.2 Å². The van der Waals surface area contributed by atoms with E-state index in [4.69, 9.17) is 4.74 Å². The van der Waals surface area contributed by atoms with Crippen molar-refractivity contribution < 1.29 is 18.3 Å². The number of aliphatic hydroxyl groups is 1. The van der Waals surface area contributed by atoms with Gasteiger partial charge in [0.05, 0.1) is 18.6 Å². The first kappa shape index (κ1) is 14.1. The van der Waals surface area contributed by atoms with Gasteiger partial charge in [0.2, 0.25) is 0 Å². The lowest BCUT2D eigenvalue weighted by Gasteiger charge is -2.31. The number of nitrogens with zero attached hydrogens (tertiary/aromatic N) is 1. The lowest BCUT2D eigenvalue weighted by Crippen LogP contribution is -2.49. The Kier molecular flexibility index (Phi) is 4.28. The van der Waals surface area contributed by atoms with E-state index in [0.717, 1.165) is 5.69 Å². The normalized spacial score (nSPS) is 20.7. The van der Waals surface area contributed by atoms with Crippen LogP contribution in [0.3, 0.4) is 0 Å². The van der Waals surface area contributed by atoms with Crippen LogP contribution in [0, 0.1) is 0 Å². The van der Waals surface area contributed by atoms with Gasteiger partial charge in [0.1, 0.15) is 5.75 Å². The molecular weight excluding hydrogens is 268 g/mol. The van der Waals surface area contributed by atoms with Gasteiger partial charge in [-0.2, -0.15) is 0 Å². The van der Waals surface area contributed by atoms with Gasteiger partial charge in [0, 0.05) is 24.8 Å². The van der Waals surface area contributed by atoms with Gasteiger partial charge in [0.15, 0.2) is 16.2 Å². The second-order valence-corrected chi connectivity index (χ2v) is 6.74. The molecule has 0 aromatic heterocycles. The minimum absolute atomic E-state index is 0.0872. The van der Waals surface area contributed by atoms with Crippen LogP contribution in [-0.2, 0) is 9.84 Å². The van der Waals surface area contributed by atoms with Crippen molar-refractivity contribution in [2.45, 2.75) is 6.35 Å². The molecule has 1 atom stereocenters. The van der Waals surface area contributed by atoms with Crippen LogP contribution in [0.4, 0.5) is 5.69 Å². The monoisotopic (exact) mass is 286 g/mol. The van der Waals surface area contributed by atoms with Gasteiger partial charge in [-0.3, -0.25) is 4.90 Å². The fourth-order valence-electron chi connectivity index (χ4n) is 1.92. The third-order valence-corrected chi connectivity index (χ3v) is 4.70. The van der Waals surface area contributed by atoms with Gasteiger partial charge in [-0.15, -0.1) is 0 Å². The average Bonchev–Trinajstić information content (AvgIpc) is 2.38. The molecule has 0 amide bonds. The standard InChI is InChI=1S/C12H18N2O4S/c1-18-11-4-2-3-10(9-11)13-12(15)14-5-7-19(16,17)8-6-14/h2-4,9,12-13,15H,5-8H2,1H3. The number of aliphatic hydroxyl groups excluding tert-OH is 1. The number of hydrogen-bond donors (Lipinski definition) is 2. The molecule has 1 aliphatic rings. The van der Waals surface area contributed by atoms with E-state index < -0.39 is 16.2 Å². The molecular formula is C12H18N2O4S. The summed E-state index contributed by atoms with van der Waals surface area (Å²) < 4.78 is 27.7. The fourth-order valence-corrected chi connectivity index (χ4v) is 3.15. The lowest BCUT2D eigenvalue weighted by molar-refractivity contribution is 0.0328. The van der Waals surface area contributed by atoms with Crippen molar-refractivity contribution in [1.29, 1.82) is 0 Å². The van der Waals surface area contributed by atoms with E-state index in [1.165, 1.54) is 0 Å². The van der Waals surface area contributed by atoms with E-state index in [9.17, 15) is 13.5 Å². The molecule has 106 valence electrons. The molecule has 2 rings (SSSR count). The summed E-state index contributed by atoms with van der Waals surface area (Å²) in [6.45, 7) is 0.668. The van der Waals surface area contributed by atoms with E-state index in [2.05, 4.69) is 5.32 Å². The Morgan fingerprint density at radius 1 is 1.37 bits per heavy atom. The summed E-state index contributed by atoms with van der Waals surface area (Å²) in [6.07, 6.45) is -0.900. The first-order valence-electron chi connectivity index (χ1n) is 6.03. The summed E-state index contributed by atoms with van der Waals surface area (Å²) in [5.41, 5.74) is 0.722. The Bertz CT molecular complexity index is 518. The van der Waals surface area contributed by atoms with Crippen molar-refractivity contribution >= 4 is 15.5 Å². The van der Waals surface area contributed by atoms with Gasteiger partial charge in [0.25, 0.3) is 0 Å². The SMILES string of the molecule is COc1cccc(NC(O)N2CCS(=O)(=O)CC2)c1. The Hall–Kier alpha value is -1.31. The molecule has 1 heterocycles. The average molecular weight is 286 g/mol. The topological polar surface area (TPSA) is 78.9 Å². The van der Waals surface area contributed by atoms with Crippen LogP contribution in [0.15, 0.2) is 24.3 Å². The molecule has 0 saturated carbocycles. The van der Waals surface area contributed by atoms with Crippen molar-refractivity contribution in [3.05, 3.63) is 24.3 Å². The molecule has 6 nitrogen and oxygen atoms in total. The van der Waals surface area contributed by atoms with Crippen LogP contribution in [0.25, 0.3) is 0 Å². The number of ether oxygens (including phenoxy) is 1. The molecule has 0 bridgehead atoms. The van der Waals surface area contributed by atoms with Gasteiger partial charge in [-0.1, -0.05) is 6.07 Å². The first-order valence-corrected chi connectivity index (χ1v) is 7.85. The summed E-state index contributed by atoms with van der Waals surface area (Å²) in [4.78, 5) is 1.69. The van der Waals surface area contributed by atoms with Crippen molar-refractivity contribution in [2.75, 3.05) is 37.0 Å². The highest BCUT2D eigenvalue weighted by Gasteiger charge is 2.25. The maximum Gasteiger partial charge on any atom is 0.184 e. The highest BCUT2D eigenvalue weighted by Crippen LogP contribution is 2.18. The maximum atomic E-state index is 11.3. The summed E-state index contributed by atoms with van der Waals surface area (Å²) >= 11 is 0. The summed E-state index contributed by atoms with van der Waals surface area (Å²) in [7, 11) is -1.36. The van der Waals surface area contributed by atoms with Crippen LogP contribution < -0.4 is 10.1 Å². The Labute approximate surface area is 112 Å². The fraction of sp³-hybridized carbons (Fsp3) is 0.500. The second kappa shape index (κ2) is 5.77. The van der Waals surface area contributed by atoms with Gasteiger partial charge < -0.3 is 15.2 Å². The van der Waals surface area contributed by atoms with Crippen molar-refractivity contribution in [3.63, 3.8) is 0 Å². The third-order valence-electron chi connectivity index (χ3n) is 3.09. The van der Waals surface area contributed by atoms with Crippen molar-refractivity contribution in [2.24, 2.45) is 0 Å². The quantitative estimate of drug-likeness (QED) is 0.765. The molecule has 2 N–H and O–H groups in total. The van der Waals surface area contributed by atoms with Crippen LogP contribution in [0.1, 0.15) is 0 Å². The number of benzene rings is 1. The van der Waals surface area contributed by atoms with Crippen molar-refractivity contribution in [3.8, 4) is 5.75 Å². The van der Waals surface area contributed by atoms with Crippen LogP contribution >= 0.6 is 0 Å². The molecule has 19 heavy (non-hydrogen) atoms. The lowest BCUT2D eigenvalue weighted by atomic mass is 10.3. The molecule has 1 aromatic rings. The zero-order chi connectivity index (χ0) is 13.9. The van der Waals surface area contributed by atoms with Crippen LogP contribution in [-0.4, -0.2) is 56.5 Å². The molecule has 1 unspecified atom stereocenters. The number of methoxy groups -OCH3 is 1. The molecule has 1 aromatic carbocycles. The second-order valence-electron chi connectivity index (χ2n) is 4.44. The Balaban J connectivity index is 1.95. The molecule has 0 aliphatic carbocycles. The zero-order valence-corrected chi connectivity index (χ0v) is 11.6. The van der Waals surface area contributed by atoms with Crippen LogP contribution in [0.2, 0.25) is 0 Å². The van der Waals surface area contributed by atoms with Gasteiger partial charge >= 0.3 is 0 Å². The van der Waals surface area contributed by atoms with E-state index in [-0.39, 0.29) is 11.5 Å². The predicted molar refractivity (Wildman–Crippen MR) is 72.9 cm³/mol.